The van der Waals surface area contributed by atoms with Gasteiger partial charge in [0, 0.05) is 29.0 Å². The topological polar surface area (TPSA) is 87.2 Å². The lowest BCUT2D eigenvalue weighted by Gasteiger charge is -2.15. The molecule has 4 aromatic rings. The van der Waals surface area contributed by atoms with Crippen molar-refractivity contribution in [2.24, 2.45) is 5.73 Å². The van der Waals surface area contributed by atoms with Crippen LogP contribution in [0.2, 0.25) is 0 Å². The van der Waals surface area contributed by atoms with Gasteiger partial charge < -0.3 is 15.0 Å². The fourth-order valence-corrected chi connectivity index (χ4v) is 4.55. The fraction of sp³-hybridized carbons (Fsp3) is 0.136. The van der Waals surface area contributed by atoms with Gasteiger partial charge in [-0.25, -0.2) is 9.78 Å². The van der Waals surface area contributed by atoms with Crippen molar-refractivity contribution in [1.29, 1.82) is 0 Å². The van der Waals surface area contributed by atoms with Crippen LogP contribution < -0.4 is 5.73 Å². The van der Waals surface area contributed by atoms with Crippen molar-refractivity contribution in [1.82, 2.24) is 9.55 Å². The third-order valence-corrected chi connectivity index (χ3v) is 5.65. The van der Waals surface area contributed by atoms with Crippen LogP contribution in [0.5, 0.6) is 0 Å². The molecule has 0 fully saturated rings. The highest BCUT2D eigenvalue weighted by atomic mass is 32.1. The van der Waals surface area contributed by atoms with Crippen molar-refractivity contribution in [3.05, 3.63) is 82.6 Å². The number of carbonyl (C=O) groups excluding carboxylic acids is 2. The first-order chi connectivity index (χ1) is 14.0. The van der Waals surface area contributed by atoms with Gasteiger partial charge in [0.1, 0.15) is 9.71 Å². The Kier molecular flexibility index (Phi) is 4.90. The molecule has 0 aliphatic carbocycles. The van der Waals surface area contributed by atoms with Crippen molar-refractivity contribution in [3.8, 4) is 5.69 Å². The second-order valence-corrected chi connectivity index (χ2v) is 7.73. The molecule has 0 aliphatic rings. The molecule has 0 saturated carbocycles. The van der Waals surface area contributed by atoms with Gasteiger partial charge in [-0.3, -0.25) is 4.79 Å². The summed E-state index contributed by atoms with van der Waals surface area (Å²) in [6.45, 7) is 3.90. The number of ether oxygens (including phenoxy) is 1. The normalized spacial score (nSPS) is 12.1. The molecule has 2 N–H and O–H groups in total. The maximum Gasteiger partial charge on any atom is 0.351 e. The summed E-state index contributed by atoms with van der Waals surface area (Å²) in [5, 5.41) is 0.888. The molecule has 29 heavy (non-hydrogen) atoms. The van der Waals surface area contributed by atoms with Gasteiger partial charge in [-0.1, -0.05) is 30.3 Å². The first kappa shape index (κ1) is 18.9. The van der Waals surface area contributed by atoms with Crippen molar-refractivity contribution >= 4 is 33.4 Å². The number of amides is 1. The Labute approximate surface area is 171 Å². The summed E-state index contributed by atoms with van der Waals surface area (Å²) < 4.78 is 7.44. The molecular formula is C22H19N3O3S. The number of benzene rings is 1. The smallest absolute Gasteiger partial charge is 0.351 e. The maximum absolute atomic E-state index is 13.2. The highest BCUT2D eigenvalue weighted by molar-refractivity contribution is 7.21. The molecule has 6 nitrogen and oxygen atoms in total. The SMILES string of the molecule is Cc1cc(C)c2c(-n3cccc3)c(C(=O)O[C@H](C(N)=O)c3ccccc3)sc2n1. The van der Waals surface area contributed by atoms with E-state index in [-0.39, 0.29) is 0 Å². The Morgan fingerprint density at radius 2 is 1.79 bits per heavy atom. The third-order valence-electron chi connectivity index (χ3n) is 4.60. The van der Waals surface area contributed by atoms with E-state index in [4.69, 9.17) is 10.5 Å². The molecule has 1 amide bonds. The minimum atomic E-state index is -1.16. The number of pyridine rings is 1. The number of aromatic nitrogens is 2. The second-order valence-electron chi connectivity index (χ2n) is 6.73. The maximum atomic E-state index is 13.2. The van der Waals surface area contributed by atoms with Gasteiger partial charge in [0.2, 0.25) is 6.10 Å². The van der Waals surface area contributed by atoms with E-state index in [1.807, 2.05) is 55.1 Å². The van der Waals surface area contributed by atoms with E-state index in [2.05, 4.69) is 4.98 Å². The molecule has 3 heterocycles. The number of aryl methyl sites for hydroxylation is 2. The van der Waals surface area contributed by atoms with Gasteiger partial charge in [0.05, 0.1) is 5.69 Å². The van der Waals surface area contributed by atoms with Crippen molar-refractivity contribution in [2.75, 3.05) is 0 Å². The Morgan fingerprint density at radius 1 is 1.10 bits per heavy atom. The molecule has 3 aromatic heterocycles. The quantitative estimate of drug-likeness (QED) is 0.507. The summed E-state index contributed by atoms with van der Waals surface area (Å²) >= 11 is 1.25. The van der Waals surface area contributed by atoms with Crippen LogP contribution in [-0.4, -0.2) is 21.4 Å². The van der Waals surface area contributed by atoms with E-state index in [9.17, 15) is 9.59 Å². The van der Waals surface area contributed by atoms with Crippen LogP contribution in [0.4, 0.5) is 0 Å². The van der Waals surface area contributed by atoms with Crippen LogP contribution in [0.3, 0.4) is 0 Å². The van der Waals surface area contributed by atoms with Gasteiger partial charge in [0.15, 0.2) is 0 Å². The van der Waals surface area contributed by atoms with Crippen molar-refractivity contribution in [2.45, 2.75) is 20.0 Å². The summed E-state index contributed by atoms with van der Waals surface area (Å²) in [5.74, 6) is -1.33. The van der Waals surface area contributed by atoms with Crippen molar-refractivity contribution in [3.63, 3.8) is 0 Å². The molecule has 0 radical (unpaired) electrons. The molecule has 1 atom stereocenters. The minimum Gasteiger partial charge on any atom is -0.443 e. The lowest BCUT2D eigenvalue weighted by atomic mass is 10.1. The largest absolute Gasteiger partial charge is 0.443 e. The molecule has 0 spiro atoms. The zero-order valence-corrected chi connectivity index (χ0v) is 16.8. The van der Waals surface area contributed by atoms with Gasteiger partial charge in [-0.05, 0) is 37.6 Å². The fourth-order valence-electron chi connectivity index (χ4n) is 3.37. The summed E-state index contributed by atoms with van der Waals surface area (Å²) in [7, 11) is 0. The van der Waals surface area contributed by atoms with E-state index < -0.39 is 18.0 Å². The Balaban J connectivity index is 1.83. The van der Waals surface area contributed by atoms with Crippen LogP contribution >= 0.6 is 11.3 Å². The zero-order chi connectivity index (χ0) is 20.5. The number of carbonyl (C=O) groups is 2. The number of hydrogen-bond acceptors (Lipinski definition) is 5. The van der Waals surface area contributed by atoms with Crippen LogP contribution in [0, 0.1) is 13.8 Å². The number of hydrogen-bond donors (Lipinski definition) is 1. The number of rotatable bonds is 5. The molecule has 7 heteroatoms. The van der Waals surface area contributed by atoms with E-state index in [1.165, 1.54) is 11.3 Å². The third kappa shape index (κ3) is 3.52. The molecule has 146 valence electrons. The van der Waals surface area contributed by atoms with Crippen LogP contribution in [0.25, 0.3) is 15.9 Å². The first-order valence-corrected chi connectivity index (χ1v) is 9.86. The highest BCUT2D eigenvalue weighted by Crippen LogP contribution is 2.37. The monoisotopic (exact) mass is 405 g/mol. The predicted octanol–water partition coefficient (Wildman–Crippen LogP) is 4.09. The number of nitrogens with zero attached hydrogens (tertiary/aromatic N) is 2. The average molecular weight is 405 g/mol. The Bertz CT molecular complexity index is 1200. The number of esters is 1. The van der Waals surface area contributed by atoms with Crippen LogP contribution in [-0.2, 0) is 9.53 Å². The number of thiophene rings is 1. The van der Waals surface area contributed by atoms with Gasteiger partial charge >= 0.3 is 5.97 Å². The molecule has 0 aliphatic heterocycles. The summed E-state index contributed by atoms with van der Waals surface area (Å²) in [4.78, 5) is 30.8. The molecule has 0 saturated heterocycles. The van der Waals surface area contributed by atoms with Gasteiger partial charge in [0.25, 0.3) is 5.91 Å². The molecule has 1 aromatic carbocycles. The standard InChI is InChI=1S/C22H19N3O3S/c1-13-12-14(2)24-21-16(13)17(25-10-6-7-11-25)19(29-21)22(27)28-18(20(23)26)15-8-4-3-5-9-15/h3-12,18H,1-2H3,(H2,23,26)/t18-/m0/s1. The second kappa shape index (κ2) is 7.52. The van der Waals surface area contributed by atoms with E-state index in [1.54, 1.807) is 24.3 Å². The van der Waals surface area contributed by atoms with E-state index >= 15 is 0 Å². The average Bonchev–Trinajstić information content (AvgIpc) is 3.33. The lowest BCUT2D eigenvalue weighted by Crippen LogP contribution is -2.26. The summed E-state index contributed by atoms with van der Waals surface area (Å²) in [6, 6.07) is 14.5. The number of primary amides is 1. The van der Waals surface area contributed by atoms with E-state index in [0.29, 0.717) is 16.1 Å². The first-order valence-electron chi connectivity index (χ1n) is 9.05. The van der Waals surface area contributed by atoms with Crippen LogP contribution in [0.15, 0.2) is 60.9 Å². The van der Waals surface area contributed by atoms with E-state index in [0.717, 1.165) is 21.5 Å². The Hall–Kier alpha value is -3.45. The number of fused-ring (bicyclic) bond motifs is 1. The van der Waals surface area contributed by atoms with Crippen LogP contribution in [0.1, 0.15) is 32.6 Å². The molecule has 0 bridgehead atoms. The number of nitrogens with two attached hydrogens (primary N) is 1. The molecular weight excluding hydrogens is 386 g/mol. The highest BCUT2D eigenvalue weighted by Gasteiger charge is 2.28. The van der Waals surface area contributed by atoms with Crippen molar-refractivity contribution < 1.29 is 14.3 Å². The van der Waals surface area contributed by atoms with Gasteiger partial charge in [-0.2, -0.15) is 0 Å². The zero-order valence-electron chi connectivity index (χ0n) is 16.0. The summed E-state index contributed by atoms with van der Waals surface area (Å²) in [5.41, 5.74) is 8.63. The predicted molar refractivity (Wildman–Crippen MR) is 112 cm³/mol. The molecule has 0 unspecified atom stereocenters. The van der Waals surface area contributed by atoms with Gasteiger partial charge in [-0.15, -0.1) is 11.3 Å². The lowest BCUT2D eigenvalue weighted by molar-refractivity contribution is -0.127. The Morgan fingerprint density at radius 3 is 2.45 bits per heavy atom. The molecule has 4 rings (SSSR count). The summed E-state index contributed by atoms with van der Waals surface area (Å²) in [6.07, 6.45) is 2.56. The minimum absolute atomic E-state index is 0.375.